The van der Waals surface area contributed by atoms with Crippen LogP contribution in [-0.2, 0) is 37.3 Å². The Morgan fingerprint density at radius 1 is 1.09 bits per heavy atom. The minimum absolute atomic E-state index is 0.0157. The van der Waals surface area contributed by atoms with Crippen LogP contribution in [-0.4, -0.2) is 49.3 Å². The molecule has 1 atom stereocenters. The highest BCUT2D eigenvalue weighted by atomic mass is 32.2. The van der Waals surface area contributed by atoms with Crippen LogP contribution < -0.4 is 10.6 Å². The first-order chi connectivity index (χ1) is 15.6. The second-order valence-electron chi connectivity index (χ2n) is 7.75. The number of urea groups is 1. The molecule has 0 aliphatic carbocycles. The van der Waals surface area contributed by atoms with Gasteiger partial charge in [-0.25, -0.2) is 17.6 Å². The molecule has 2 aromatic carbocycles. The Bertz CT molecular complexity index is 1170. The summed E-state index contributed by atoms with van der Waals surface area (Å²) in [5.74, 6) is -2.80. The van der Waals surface area contributed by atoms with Crippen molar-refractivity contribution >= 4 is 27.9 Å². The van der Waals surface area contributed by atoms with Crippen molar-refractivity contribution in [1.82, 2.24) is 14.9 Å². The molecule has 0 bridgehead atoms. The summed E-state index contributed by atoms with van der Waals surface area (Å²) in [5.41, 5.74) is 1.41. The first kappa shape index (κ1) is 24.3. The molecular formula is C22H24FN3O6S. The number of imide groups is 1. The van der Waals surface area contributed by atoms with Gasteiger partial charge in [-0.2, -0.15) is 4.31 Å². The van der Waals surface area contributed by atoms with Gasteiger partial charge < -0.3 is 10.1 Å². The van der Waals surface area contributed by atoms with Crippen molar-refractivity contribution in [3.63, 3.8) is 0 Å². The standard InChI is InChI=1S/C22H24FN3O6S/c1-14(2)24-22(29)25-20(27)13-32-21(28)18-11-15-7-3-4-8-16(15)12-26(18)33(30,31)19-10-6-5-9-17(19)23/h3-10,14,18H,11-13H2,1-2H3,(H2,24,25,27,29). The minimum Gasteiger partial charge on any atom is -0.454 e. The topological polar surface area (TPSA) is 122 Å². The molecule has 3 rings (SSSR count). The van der Waals surface area contributed by atoms with Gasteiger partial charge in [-0.05, 0) is 37.1 Å². The van der Waals surface area contributed by atoms with Crippen LogP contribution >= 0.6 is 0 Å². The molecule has 0 fully saturated rings. The summed E-state index contributed by atoms with van der Waals surface area (Å²) in [6.07, 6.45) is -0.0157. The number of carbonyl (C=O) groups excluding carboxylic acids is 3. The van der Waals surface area contributed by atoms with E-state index < -0.39 is 51.3 Å². The Morgan fingerprint density at radius 2 is 1.73 bits per heavy atom. The van der Waals surface area contributed by atoms with Gasteiger partial charge in [0.05, 0.1) is 0 Å². The molecule has 176 valence electrons. The quantitative estimate of drug-likeness (QED) is 0.611. The van der Waals surface area contributed by atoms with Crippen LogP contribution in [0.15, 0.2) is 53.4 Å². The van der Waals surface area contributed by atoms with Crippen molar-refractivity contribution in [1.29, 1.82) is 0 Å². The molecule has 0 aromatic heterocycles. The van der Waals surface area contributed by atoms with E-state index in [1.54, 1.807) is 38.1 Å². The SMILES string of the molecule is CC(C)NC(=O)NC(=O)COC(=O)C1Cc2ccccc2CN1S(=O)(=O)c1ccccc1F. The lowest BCUT2D eigenvalue weighted by molar-refractivity contribution is -0.152. The lowest BCUT2D eigenvalue weighted by Crippen LogP contribution is -2.50. The molecule has 2 N–H and O–H groups in total. The number of amides is 3. The number of sulfonamides is 1. The van der Waals surface area contributed by atoms with Crippen molar-refractivity contribution < 1.29 is 31.9 Å². The molecule has 11 heteroatoms. The zero-order valence-corrected chi connectivity index (χ0v) is 18.9. The summed E-state index contributed by atoms with van der Waals surface area (Å²) in [7, 11) is -4.41. The van der Waals surface area contributed by atoms with Crippen molar-refractivity contribution in [2.24, 2.45) is 0 Å². The number of halogens is 1. The lowest BCUT2D eigenvalue weighted by Gasteiger charge is -2.34. The average Bonchev–Trinajstić information content (AvgIpc) is 2.76. The fourth-order valence-corrected chi connectivity index (χ4v) is 5.05. The van der Waals surface area contributed by atoms with Crippen LogP contribution in [0, 0.1) is 5.82 Å². The Balaban J connectivity index is 1.82. The third kappa shape index (κ3) is 5.74. The summed E-state index contributed by atoms with van der Waals surface area (Å²) >= 11 is 0. The van der Waals surface area contributed by atoms with Crippen LogP contribution in [0.25, 0.3) is 0 Å². The minimum atomic E-state index is -4.41. The highest BCUT2D eigenvalue weighted by molar-refractivity contribution is 7.89. The van der Waals surface area contributed by atoms with Crippen LogP contribution in [0.5, 0.6) is 0 Å². The average molecular weight is 478 g/mol. The van der Waals surface area contributed by atoms with Gasteiger partial charge in [0.15, 0.2) is 6.61 Å². The van der Waals surface area contributed by atoms with Crippen LogP contribution in [0.4, 0.5) is 9.18 Å². The van der Waals surface area contributed by atoms with Gasteiger partial charge in [0.1, 0.15) is 16.8 Å². The van der Waals surface area contributed by atoms with E-state index in [0.717, 1.165) is 22.0 Å². The first-order valence-electron chi connectivity index (χ1n) is 10.2. The van der Waals surface area contributed by atoms with Gasteiger partial charge in [-0.15, -0.1) is 0 Å². The van der Waals surface area contributed by atoms with E-state index in [1.807, 2.05) is 5.32 Å². The molecule has 1 aliphatic heterocycles. The van der Waals surface area contributed by atoms with Gasteiger partial charge in [0.25, 0.3) is 5.91 Å². The summed E-state index contributed by atoms with van der Waals surface area (Å²) in [5, 5.41) is 4.46. The number of carbonyl (C=O) groups is 3. The lowest BCUT2D eigenvalue weighted by atomic mass is 9.96. The molecule has 0 saturated heterocycles. The van der Waals surface area contributed by atoms with Crippen LogP contribution in [0.2, 0.25) is 0 Å². The van der Waals surface area contributed by atoms with Crippen molar-refractivity contribution in [3.05, 3.63) is 65.5 Å². The predicted molar refractivity (Wildman–Crippen MR) is 116 cm³/mol. The fourth-order valence-electron chi connectivity index (χ4n) is 3.43. The number of ether oxygens (including phenoxy) is 1. The monoisotopic (exact) mass is 477 g/mol. The summed E-state index contributed by atoms with van der Waals surface area (Å²) in [6.45, 7) is 2.46. The number of esters is 1. The van der Waals surface area contributed by atoms with Gasteiger partial charge in [0.2, 0.25) is 10.0 Å². The van der Waals surface area contributed by atoms with E-state index in [1.165, 1.54) is 12.1 Å². The Morgan fingerprint density at radius 3 is 2.39 bits per heavy atom. The maximum absolute atomic E-state index is 14.3. The van der Waals surface area contributed by atoms with E-state index in [-0.39, 0.29) is 19.0 Å². The van der Waals surface area contributed by atoms with Gasteiger partial charge in [-0.1, -0.05) is 36.4 Å². The zero-order chi connectivity index (χ0) is 24.2. The normalized spacial score (nSPS) is 16.1. The first-order valence-corrected chi connectivity index (χ1v) is 11.6. The van der Waals surface area contributed by atoms with Crippen molar-refractivity contribution in [2.45, 2.75) is 43.8 Å². The molecule has 0 saturated carbocycles. The zero-order valence-electron chi connectivity index (χ0n) is 18.1. The molecule has 0 spiro atoms. The van der Waals surface area contributed by atoms with Gasteiger partial charge >= 0.3 is 12.0 Å². The second kappa shape index (κ2) is 10.1. The molecule has 1 unspecified atom stereocenters. The van der Waals surface area contributed by atoms with Crippen LogP contribution in [0.3, 0.4) is 0 Å². The van der Waals surface area contributed by atoms with Gasteiger partial charge in [0, 0.05) is 19.0 Å². The number of nitrogens with zero attached hydrogens (tertiary/aromatic N) is 1. The summed E-state index contributed by atoms with van der Waals surface area (Å²) in [4.78, 5) is 35.8. The van der Waals surface area contributed by atoms with E-state index in [2.05, 4.69) is 5.32 Å². The van der Waals surface area contributed by atoms with E-state index in [0.29, 0.717) is 5.56 Å². The van der Waals surface area contributed by atoms with E-state index in [4.69, 9.17) is 4.74 Å². The molecule has 1 heterocycles. The smallest absolute Gasteiger partial charge is 0.325 e. The number of fused-ring (bicyclic) bond motifs is 1. The number of hydrogen-bond acceptors (Lipinski definition) is 6. The second-order valence-corrected chi connectivity index (χ2v) is 9.61. The molecule has 3 amide bonds. The van der Waals surface area contributed by atoms with E-state index in [9.17, 15) is 27.2 Å². The molecular weight excluding hydrogens is 453 g/mol. The fraction of sp³-hybridized carbons (Fsp3) is 0.318. The summed E-state index contributed by atoms with van der Waals surface area (Å²) in [6, 6.07) is 9.57. The maximum atomic E-state index is 14.3. The van der Waals surface area contributed by atoms with Gasteiger partial charge in [-0.3, -0.25) is 14.9 Å². The summed E-state index contributed by atoms with van der Waals surface area (Å²) < 4.78 is 46.7. The Labute approximate surface area is 191 Å². The van der Waals surface area contributed by atoms with E-state index >= 15 is 0 Å². The number of hydrogen-bond donors (Lipinski definition) is 2. The largest absolute Gasteiger partial charge is 0.454 e. The highest BCUT2D eigenvalue weighted by Gasteiger charge is 2.41. The Kier molecular flexibility index (Phi) is 7.44. The van der Waals surface area contributed by atoms with Crippen molar-refractivity contribution in [2.75, 3.05) is 6.61 Å². The maximum Gasteiger partial charge on any atom is 0.325 e. The molecule has 33 heavy (non-hydrogen) atoms. The third-order valence-electron chi connectivity index (χ3n) is 4.92. The van der Waals surface area contributed by atoms with Crippen molar-refractivity contribution in [3.8, 4) is 0 Å². The molecule has 1 aliphatic rings. The number of benzene rings is 2. The predicted octanol–water partition coefficient (Wildman–Crippen LogP) is 1.72. The number of rotatable bonds is 6. The third-order valence-corrected chi connectivity index (χ3v) is 6.81. The molecule has 0 radical (unpaired) electrons. The molecule has 9 nitrogen and oxygen atoms in total. The Hall–Kier alpha value is -3.31. The number of nitrogens with one attached hydrogen (secondary N) is 2. The molecule has 2 aromatic rings. The van der Waals surface area contributed by atoms with Crippen LogP contribution in [0.1, 0.15) is 25.0 Å². The highest BCUT2D eigenvalue weighted by Crippen LogP contribution is 2.30.